The fraction of sp³-hybridized carbons (Fsp3) is 0.500. The van der Waals surface area contributed by atoms with Crippen molar-refractivity contribution in [3.8, 4) is 6.07 Å². The normalized spacial score (nSPS) is 19.8. The lowest BCUT2D eigenvalue weighted by molar-refractivity contribution is 0.277. The third kappa shape index (κ3) is 2.65. The Balaban J connectivity index is 2.20. The zero-order valence-corrected chi connectivity index (χ0v) is 11.9. The van der Waals surface area contributed by atoms with Gasteiger partial charge in [-0.2, -0.15) is 5.26 Å². The molecule has 1 heterocycles. The average Bonchev–Trinajstić information content (AvgIpc) is 2.48. The number of hydrogen-bond acceptors (Lipinski definition) is 3. The van der Waals surface area contributed by atoms with E-state index in [2.05, 4.69) is 6.07 Å². The Morgan fingerprint density at radius 3 is 2.32 bits per heavy atom. The van der Waals surface area contributed by atoms with E-state index in [1.165, 1.54) is 4.31 Å². The molecule has 102 valence electrons. The zero-order valence-electron chi connectivity index (χ0n) is 11.0. The van der Waals surface area contributed by atoms with E-state index in [4.69, 9.17) is 0 Å². The van der Waals surface area contributed by atoms with Gasteiger partial charge in [0.1, 0.15) is 0 Å². The van der Waals surface area contributed by atoms with Gasteiger partial charge in [-0.05, 0) is 25.3 Å². The maximum atomic E-state index is 11.8. The predicted octanol–water partition coefficient (Wildman–Crippen LogP) is 1.89. The second-order valence-electron chi connectivity index (χ2n) is 4.86. The summed E-state index contributed by atoms with van der Waals surface area (Å²) in [7, 11) is -3.14. The van der Waals surface area contributed by atoms with Crippen molar-refractivity contribution in [3.63, 3.8) is 0 Å². The first kappa shape index (κ1) is 14.0. The van der Waals surface area contributed by atoms with Gasteiger partial charge in [-0.15, -0.1) is 0 Å². The molecule has 19 heavy (non-hydrogen) atoms. The van der Waals surface area contributed by atoms with Crippen molar-refractivity contribution in [2.45, 2.75) is 25.2 Å². The molecule has 0 atom stereocenters. The summed E-state index contributed by atoms with van der Waals surface area (Å²) in [5.74, 6) is 0.123. The van der Waals surface area contributed by atoms with Crippen LogP contribution >= 0.6 is 0 Å². The molecule has 1 aromatic carbocycles. The number of nitrogens with zero attached hydrogens (tertiary/aromatic N) is 2. The molecule has 1 aromatic rings. The third-order valence-corrected chi connectivity index (χ3v) is 5.76. The van der Waals surface area contributed by atoms with Gasteiger partial charge in [-0.1, -0.05) is 30.3 Å². The standard InChI is InChI=1S/C14H18N2O2S/c1-2-19(17,18)16-10-8-14(12-15,9-11-16)13-6-4-3-5-7-13/h3-7H,2,8-11H2,1H3. The van der Waals surface area contributed by atoms with Crippen molar-refractivity contribution in [3.05, 3.63) is 35.9 Å². The summed E-state index contributed by atoms with van der Waals surface area (Å²) in [5.41, 5.74) is 0.451. The fourth-order valence-electron chi connectivity index (χ4n) is 2.55. The van der Waals surface area contributed by atoms with Crippen LogP contribution in [0, 0.1) is 11.3 Å². The number of sulfonamides is 1. The Labute approximate surface area is 114 Å². The highest BCUT2D eigenvalue weighted by Gasteiger charge is 2.39. The Hall–Kier alpha value is -1.38. The minimum absolute atomic E-state index is 0.123. The molecule has 1 aliphatic heterocycles. The zero-order chi connectivity index (χ0) is 13.9. The Morgan fingerprint density at radius 2 is 1.84 bits per heavy atom. The van der Waals surface area contributed by atoms with Gasteiger partial charge >= 0.3 is 0 Å². The summed E-state index contributed by atoms with van der Waals surface area (Å²) in [5, 5.41) is 9.52. The van der Waals surface area contributed by atoms with Crippen molar-refractivity contribution in [2.24, 2.45) is 0 Å². The molecule has 1 fully saturated rings. The number of hydrogen-bond donors (Lipinski definition) is 0. The fourth-order valence-corrected chi connectivity index (χ4v) is 3.65. The topological polar surface area (TPSA) is 61.2 Å². The lowest BCUT2D eigenvalue weighted by atomic mass is 9.74. The molecule has 0 spiro atoms. The van der Waals surface area contributed by atoms with E-state index in [0.29, 0.717) is 25.9 Å². The van der Waals surface area contributed by atoms with Crippen molar-refractivity contribution in [2.75, 3.05) is 18.8 Å². The van der Waals surface area contributed by atoms with Gasteiger partial charge < -0.3 is 0 Å². The summed E-state index contributed by atoms with van der Waals surface area (Å²) in [6.07, 6.45) is 1.12. The van der Waals surface area contributed by atoms with Gasteiger partial charge in [-0.3, -0.25) is 0 Å². The number of benzene rings is 1. The van der Waals surface area contributed by atoms with Gasteiger partial charge in [-0.25, -0.2) is 12.7 Å². The minimum Gasteiger partial charge on any atom is -0.212 e. The van der Waals surface area contributed by atoms with E-state index in [1.54, 1.807) is 6.92 Å². The molecular weight excluding hydrogens is 260 g/mol. The molecule has 4 nitrogen and oxygen atoms in total. The molecule has 1 saturated heterocycles. The van der Waals surface area contributed by atoms with Gasteiger partial charge in [0.25, 0.3) is 0 Å². The molecule has 0 amide bonds. The van der Waals surface area contributed by atoms with Crippen LogP contribution in [0.1, 0.15) is 25.3 Å². The van der Waals surface area contributed by atoms with Gasteiger partial charge in [0.2, 0.25) is 10.0 Å². The smallest absolute Gasteiger partial charge is 0.212 e. The SMILES string of the molecule is CCS(=O)(=O)N1CCC(C#N)(c2ccccc2)CC1. The highest BCUT2D eigenvalue weighted by atomic mass is 32.2. The highest BCUT2D eigenvalue weighted by molar-refractivity contribution is 7.89. The average molecular weight is 278 g/mol. The van der Waals surface area contributed by atoms with E-state index in [-0.39, 0.29) is 5.75 Å². The molecular formula is C14H18N2O2S. The second-order valence-corrected chi connectivity index (χ2v) is 7.12. The van der Waals surface area contributed by atoms with Crippen LogP contribution in [0.3, 0.4) is 0 Å². The molecule has 0 N–H and O–H groups in total. The maximum Gasteiger partial charge on any atom is 0.213 e. The van der Waals surface area contributed by atoms with Crippen LogP contribution in [-0.2, 0) is 15.4 Å². The third-order valence-electron chi connectivity index (χ3n) is 3.87. The van der Waals surface area contributed by atoms with Crippen molar-refractivity contribution in [1.82, 2.24) is 4.31 Å². The predicted molar refractivity (Wildman–Crippen MR) is 74.0 cm³/mol. The Kier molecular flexibility index (Phi) is 3.93. The summed E-state index contributed by atoms with van der Waals surface area (Å²) in [4.78, 5) is 0. The Bertz CT molecular complexity index is 567. The summed E-state index contributed by atoms with van der Waals surface area (Å²) in [6, 6.07) is 12.1. The van der Waals surface area contributed by atoms with E-state index < -0.39 is 15.4 Å². The second kappa shape index (κ2) is 5.32. The van der Waals surface area contributed by atoms with Crippen LogP contribution in [0.2, 0.25) is 0 Å². The first-order chi connectivity index (χ1) is 9.04. The van der Waals surface area contributed by atoms with Crippen LogP contribution in [0.5, 0.6) is 0 Å². The van der Waals surface area contributed by atoms with Crippen LogP contribution in [0.25, 0.3) is 0 Å². The summed E-state index contributed by atoms with van der Waals surface area (Å²) >= 11 is 0. The molecule has 0 unspecified atom stereocenters. The van der Waals surface area contributed by atoms with E-state index >= 15 is 0 Å². The van der Waals surface area contributed by atoms with E-state index in [1.807, 2.05) is 30.3 Å². The molecule has 0 aromatic heterocycles. The van der Waals surface area contributed by atoms with E-state index in [0.717, 1.165) is 5.56 Å². The molecule has 0 radical (unpaired) electrons. The largest absolute Gasteiger partial charge is 0.213 e. The number of rotatable bonds is 3. The summed E-state index contributed by atoms with van der Waals surface area (Å²) < 4.78 is 25.2. The van der Waals surface area contributed by atoms with Crippen LogP contribution in [0.4, 0.5) is 0 Å². The lowest BCUT2D eigenvalue weighted by Gasteiger charge is -2.36. The van der Waals surface area contributed by atoms with Crippen LogP contribution in [-0.4, -0.2) is 31.6 Å². The molecule has 2 rings (SSSR count). The molecule has 1 aliphatic rings. The maximum absolute atomic E-state index is 11.8. The first-order valence-electron chi connectivity index (χ1n) is 6.49. The van der Waals surface area contributed by atoms with Crippen molar-refractivity contribution >= 4 is 10.0 Å². The monoisotopic (exact) mass is 278 g/mol. The van der Waals surface area contributed by atoms with Crippen LogP contribution in [0.15, 0.2) is 30.3 Å². The minimum atomic E-state index is -3.14. The summed E-state index contributed by atoms with van der Waals surface area (Å²) in [6.45, 7) is 2.51. The van der Waals surface area contributed by atoms with Crippen LogP contribution < -0.4 is 0 Å². The Morgan fingerprint density at radius 1 is 1.26 bits per heavy atom. The number of nitriles is 1. The van der Waals surface area contributed by atoms with Gasteiger partial charge in [0.15, 0.2) is 0 Å². The first-order valence-corrected chi connectivity index (χ1v) is 8.09. The van der Waals surface area contributed by atoms with Gasteiger partial charge in [0.05, 0.1) is 17.2 Å². The van der Waals surface area contributed by atoms with Crippen molar-refractivity contribution in [1.29, 1.82) is 5.26 Å². The molecule has 0 saturated carbocycles. The molecule has 0 aliphatic carbocycles. The molecule has 5 heteroatoms. The number of piperidine rings is 1. The quantitative estimate of drug-likeness (QED) is 0.848. The highest BCUT2D eigenvalue weighted by Crippen LogP contribution is 2.35. The van der Waals surface area contributed by atoms with E-state index in [9.17, 15) is 13.7 Å². The van der Waals surface area contributed by atoms with Crippen molar-refractivity contribution < 1.29 is 8.42 Å². The lowest BCUT2D eigenvalue weighted by Crippen LogP contribution is -2.45. The molecule has 0 bridgehead atoms. The van der Waals surface area contributed by atoms with Gasteiger partial charge in [0, 0.05) is 13.1 Å².